The highest BCUT2D eigenvalue weighted by Gasteiger charge is 2.11. The van der Waals surface area contributed by atoms with E-state index < -0.39 is 0 Å². The first-order chi connectivity index (χ1) is 15.7. The maximum absolute atomic E-state index is 6.46. The smallest absolute Gasteiger partial charge is 0.0400 e. The highest BCUT2D eigenvalue weighted by Crippen LogP contribution is 2.38. The molecule has 0 heterocycles. The fourth-order valence-electron chi connectivity index (χ4n) is 4.15. The SMILES string of the molecule is Nc1cccc(-c2ccc(-c3cccc(N)c3-c3ccc(-c4ccccc4)cc3)cc2)c1. The predicted octanol–water partition coefficient (Wildman–Crippen LogP) is 7.52. The lowest BCUT2D eigenvalue weighted by Crippen LogP contribution is -1.93. The highest BCUT2D eigenvalue weighted by molar-refractivity contribution is 5.92. The summed E-state index contributed by atoms with van der Waals surface area (Å²) in [5, 5.41) is 0. The summed E-state index contributed by atoms with van der Waals surface area (Å²) in [6.07, 6.45) is 0. The zero-order valence-electron chi connectivity index (χ0n) is 17.7. The Morgan fingerprint density at radius 2 is 0.906 bits per heavy atom. The predicted molar refractivity (Wildman–Crippen MR) is 137 cm³/mol. The number of hydrogen-bond acceptors (Lipinski definition) is 2. The number of benzene rings is 5. The van der Waals surface area contributed by atoms with Crippen LogP contribution in [0.4, 0.5) is 11.4 Å². The highest BCUT2D eigenvalue weighted by atomic mass is 14.6. The Hall–Kier alpha value is -4.30. The quantitative estimate of drug-likeness (QED) is 0.300. The van der Waals surface area contributed by atoms with Crippen molar-refractivity contribution in [3.8, 4) is 44.5 Å². The first-order valence-electron chi connectivity index (χ1n) is 10.7. The van der Waals surface area contributed by atoms with Crippen LogP contribution < -0.4 is 11.5 Å². The number of nitrogens with two attached hydrogens (primary N) is 2. The Balaban J connectivity index is 1.52. The van der Waals surface area contributed by atoms with Crippen LogP contribution in [0.2, 0.25) is 0 Å². The molecule has 32 heavy (non-hydrogen) atoms. The van der Waals surface area contributed by atoms with Crippen LogP contribution in [-0.2, 0) is 0 Å². The molecule has 0 aliphatic heterocycles. The van der Waals surface area contributed by atoms with Crippen LogP contribution in [-0.4, -0.2) is 0 Å². The molecule has 0 saturated carbocycles. The summed E-state index contributed by atoms with van der Waals surface area (Å²) in [5.74, 6) is 0. The molecule has 154 valence electrons. The third-order valence-corrected chi connectivity index (χ3v) is 5.79. The topological polar surface area (TPSA) is 52.0 Å². The van der Waals surface area contributed by atoms with Gasteiger partial charge in [0, 0.05) is 16.9 Å². The Morgan fingerprint density at radius 3 is 1.59 bits per heavy atom. The van der Waals surface area contributed by atoms with E-state index in [4.69, 9.17) is 11.5 Å². The Bertz CT molecular complexity index is 1350. The van der Waals surface area contributed by atoms with Crippen molar-refractivity contribution in [3.05, 3.63) is 121 Å². The molecule has 0 aromatic heterocycles. The molecule has 0 atom stereocenters. The number of anilines is 2. The van der Waals surface area contributed by atoms with Crippen LogP contribution in [0.25, 0.3) is 44.5 Å². The first-order valence-corrected chi connectivity index (χ1v) is 10.7. The number of nitrogen functional groups attached to an aromatic ring is 2. The zero-order valence-corrected chi connectivity index (χ0v) is 17.7. The van der Waals surface area contributed by atoms with E-state index in [1.54, 1.807) is 0 Å². The molecule has 5 rings (SSSR count). The van der Waals surface area contributed by atoms with E-state index in [1.807, 2.05) is 36.4 Å². The van der Waals surface area contributed by atoms with Crippen molar-refractivity contribution in [2.45, 2.75) is 0 Å². The van der Waals surface area contributed by atoms with Gasteiger partial charge < -0.3 is 11.5 Å². The molecule has 0 aliphatic rings. The number of rotatable bonds is 4. The standard InChI is InChI=1S/C30H24N2/c31-27-9-4-8-26(20-27)23-12-16-24(17-13-23)28-10-5-11-29(32)30(28)25-18-14-22(15-19-25)21-6-2-1-3-7-21/h1-20H,31-32H2. The second-order valence-corrected chi connectivity index (χ2v) is 7.92. The molecule has 0 spiro atoms. The fraction of sp³-hybridized carbons (Fsp3) is 0. The molecular formula is C30H24N2. The van der Waals surface area contributed by atoms with Gasteiger partial charge in [-0.25, -0.2) is 0 Å². The van der Waals surface area contributed by atoms with Crippen molar-refractivity contribution >= 4 is 11.4 Å². The van der Waals surface area contributed by atoms with E-state index in [-0.39, 0.29) is 0 Å². The molecule has 0 aliphatic carbocycles. The van der Waals surface area contributed by atoms with Crippen molar-refractivity contribution in [2.75, 3.05) is 11.5 Å². The Morgan fingerprint density at radius 1 is 0.375 bits per heavy atom. The van der Waals surface area contributed by atoms with Crippen molar-refractivity contribution in [1.29, 1.82) is 0 Å². The van der Waals surface area contributed by atoms with Crippen molar-refractivity contribution in [2.24, 2.45) is 0 Å². The van der Waals surface area contributed by atoms with Gasteiger partial charge in [0.25, 0.3) is 0 Å². The average molecular weight is 413 g/mol. The van der Waals surface area contributed by atoms with Crippen LogP contribution in [0.15, 0.2) is 121 Å². The summed E-state index contributed by atoms with van der Waals surface area (Å²) < 4.78 is 0. The molecule has 2 nitrogen and oxygen atoms in total. The molecule has 0 radical (unpaired) electrons. The van der Waals surface area contributed by atoms with Crippen LogP contribution >= 0.6 is 0 Å². The first kappa shape index (κ1) is 19.7. The Labute approximate surface area is 188 Å². The lowest BCUT2D eigenvalue weighted by Gasteiger charge is -2.14. The normalized spacial score (nSPS) is 10.8. The summed E-state index contributed by atoms with van der Waals surface area (Å²) in [5.41, 5.74) is 23.0. The maximum atomic E-state index is 6.46. The van der Waals surface area contributed by atoms with E-state index in [9.17, 15) is 0 Å². The van der Waals surface area contributed by atoms with Gasteiger partial charge in [-0.1, -0.05) is 103 Å². The van der Waals surface area contributed by atoms with Gasteiger partial charge in [0.05, 0.1) is 0 Å². The van der Waals surface area contributed by atoms with Crippen molar-refractivity contribution < 1.29 is 0 Å². The van der Waals surface area contributed by atoms with Gasteiger partial charge in [-0.3, -0.25) is 0 Å². The molecule has 0 unspecified atom stereocenters. The van der Waals surface area contributed by atoms with Gasteiger partial charge in [-0.05, 0) is 57.1 Å². The molecule has 5 aromatic carbocycles. The molecule has 0 saturated heterocycles. The van der Waals surface area contributed by atoms with Crippen LogP contribution in [0.5, 0.6) is 0 Å². The summed E-state index contributed by atoms with van der Waals surface area (Å²) in [6, 6.07) is 41.6. The monoisotopic (exact) mass is 412 g/mol. The Kier molecular flexibility index (Phi) is 5.19. The van der Waals surface area contributed by atoms with Gasteiger partial charge in [0.2, 0.25) is 0 Å². The summed E-state index contributed by atoms with van der Waals surface area (Å²) in [4.78, 5) is 0. The molecule has 0 amide bonds. The van der Waals surface area contributed by atoms with E-state index in [0.717, 1.165) is 44.8 Å². The van der Waals surface area contributed by atoms with Crippen molar-refractivity contribution in [3.63, 3.8) is 0 Å². The third-order valence-electron chi connectivity index (χ3n) is 5.79. The van der Waals surface area contributed by atoms with E-state index >= 15 is 0 Å². The van der Waals surface area contributed by atoms with Crippen LogP contribution in [0.3, 0.4) is 0 Å². The lowest BCUT2D eigenvalue weighted by atomic mass is 9.91. The largest absolute Gasteiger partial charge is 0.399 e. The molecule has 2 heteroatoms. The lowest BCUT2D eigenvalue weighted by molar-refractivity contribution is 1.56. The van der Waals surface area contributed by atoms with Gasteiger partial charge >= 0.3 is 0 Å². The molecular weight excluding hydrogens is 388 g/mol. The minimum absolute atomic E-state index is 0.767. The maximum Gasteiger partial charge on any atom is 0.0400 e. The summed E-state index contributed by atoms with van der Waals surface area (Å²) in [7, 11) is 0. The zero-order chi connectivity index (χ0) is 21.9. The van der Waals surface area contributed by atoms with E-state index in [0.29, 0.717) is 0 Å². The second kappa shape index (κ2) is 8.44. The summed E-state index contributed by atoms with van der Waals surface area (Å²) in [6.45, 7) is 0. The summed E-state index contributed by atoms with van der Waals surface area (Å²) >= 11 is 0. The fourth-order valence-corrected chi connectivity index (χ4v) is 4.15. The minimum Gasteiger partial charge on any atom is -0.399 e. The average Bonchev–Trinajstić information content (AvgIpc) is 2.85. The minimum atomic E-state index is 0.767. The van der Waals surface area contributed by atoms with Gasteiger partial charge in [0.1, 0.15) is 0 Å². The third kappa shape index (κ3) is 3.86. The number of hydrogen-bond donors (Lipinski definition) is 2. The van der Waals surface area contributed by atoms with Gasteiger partial charge in [-0.15, -0.1) is 0 Å². The van der Waals surface area contributed by atoms with Crippen molar-refractivity contribution in [1.82, 2.24) is 0 Å². The second-order valence-electron chi connectivity index (χ2n) is 7.92. The molecule has 0 bridgehead atoms. The van der Waals surface area contributed by atoms with E-state index in [2.05, 4.69) is 84.9 Å². The van der Waals surface area contributed by atoms with Gasteiger partial charge in [0.15, 0.2) is 0 Å². The van der Waals surface area contributed by atoms with Crippen LogP contribution in [0.1, 0.15) is 0 Å². The van der Waals surface area contributed by atoms with Gasteiger partial charge in [-0.2, -0.15) is 0 Å². The molecule has 0 fully saturated rings. The van der Waals surface area contributed by atoms with E-state index in [1.165, 1.54) is 11.1 Å². The molecule has 5 aromatic rings. The van der Waals surface area contributed by atoms with Crippen LogP contribution in [0, 0.1) is 0 Å². The molecule has 4 N–H and O–H groups in total.